The normalized spacial score (nSPS) is 9.69. The zero-order valence-corrected chi connectivity index (χ0v) is 8.43. The summed E-state index contributed by atoms with van der Waals surface area (Å²) in [5.74, 6) is -0.233. The molecule has 1 heterocycles. The van der Waals surface area contributed by atoms with E-state index >= 15 is 0 Å². The van der Waals surface area contributed by atoms with E-state index in [2.05, 4.69) is 5.10 Å². The highest BCUT2D eigenvalue weighted by atomic mass is 16.2. The van der Waals surface area contributed by atoms with E-state index < -0.39 is 0 Å². The van der Waals surface area contributed by atoms with E-state index in [4.69, 9.17) is 10.5 Å². The summed E-state index contributed by atoms with van der Waals surface area (Å²) >= 11 is 0. The van der Waals surface area contributed by atoms with E-state index in [1.54, 1.807) is 6.07 Å². The smallest absolute Gasteiger partial charge is 0.244 e. The molecule has 5 nitrogen and oxygen atoms in total. The van der Waals surface area contributed by atoms with E-state index in [-0.39, 0.29) is 17.0 Å². The van der Waals surface area contributed by atoms with E-state index in [0.29, 0.717) is 10.9 Å². The van der Waals surface area contributed by atoms with Crippen LogP contribution in [0.2, 0.25) is 0 Å². The number of nitriles is 2. The second kappa shape index (κ2) is 3.48. The van der Waals surface area contributed by atoms with Crippen molar-refractivity contribution in [2.24, 2.45) is 0 Å². The van der Waals surface area contributed by atoms with Crippen LogP contribution < -0.4 is 0 Å². The highest BCUT2D eigenvalue weighted by Crippen LogP contribution is 2.21. The third-order valence-electron chi connectivity index (χ3n) is 2.28. The second-order valence-electron chi connectivity index (χ2n) is 3.22. The van der Waals surface area contributed by atoms with Crippen LogP contribution in [0.25, 0.3) is 10.9 Å². The maximum absolute atomic E-state index is 11.2. The fourth-order valence-electron chi connectivity index (χ4n) is 1.57. The van der Waals surface area contributed by atoms with E-state index in [0.717, 1.165) is 0 Å². The number of rotatable bonds is 0. The second-order valence-corrected chi connectivity index (χ2v) is 3.22. The maximum Gasteiger partial charge on any atom is 0.244 e. The number of hydrogen-bond acceptors (Lipinski definition) is 4. The van der Waals surface area contributed by atoms with Gasteiger partial charge < -0.3 is 0 Å². The first kappa shape index (κ1) is 9.88. The third kappa shape index (κ3) is 1.23. The van der Waals surface area contributed by atoms with Gasteiger partial charge in [-0.15, -0.1) is 0 Å². The minimum Gasteiger partial charge on any atom is -0.273 e. The summed E-state index contributed by atoms with van der Waals surface area (Å²) in [5, 5.41) is 22.2. The van der Waals surface area contributed by atoms with Gasteiger partial charge in [0.15, 0.2) is 0 Å². The van der Waals surface area contributed by atoms with Crippen molar-refractivity contribution in [2.75, 3.05) is 0 Å². The van der Waals surface area contributed by atoms with Gasteiger partial charge in [0.2, 0.25) is 5.91 Å². The fraction of sp³-hybridized carbons (Fsp3) is 0.0909. The molecule has 16 heavy (non-hydrogen) atoms. The number of hydrogen-bond donors (Lipinski definition) is 0. The molecule has 0 N–H and O–H groups in total. The van der Waals surface area contributed by atoms with Crippen molar-refractivity contribution in [3.8, 4) is 12.1 Å². The summed E-state index contributed by atoms with van der Waals surface area (Å²) in [6, 6.07) is 7.02. The van der Waals surface area contributed by atoms with Gasteiger partial charge in [-0.25, -0.2) is 4.68 Å². The van der Waals surface area contributed by atoms with Crippen LogP contribution in [0.15, 0.2) is 18.3 Å². The number of benzene rings is 1. The fourth-order valence-corrected chi connectivity index (χ4v) is 1.57. The first-order valence-corrected chi connectivity index (χ1v) is 4.51. The van der Waals surface area contributed by atoms with Crippen molar-refractivity contribution in [1.29, 1.82) is 10.5 Å². The molecule has 0 unspecified atom stereocenters. The lowest BCUT2D eigenvalue weighted by Crippen LogP contribution is -2.06. The van der Waals surface area contributed by atoms with Crippen molar-refractivity contribution in [3.05, 3.63) is 29.5 Å². The molecule has 0 fully saturated rings. The van der Waals surface area contributed by atoms with Crippen molar-refractivity contribution in [3.63, 3.8) is 0 Å². The molecule has 0 aliphatic carbocycles. The molecule has 5 heteroatoms. The molecule has 1 aromatic carbocycles. The highest BCUT2D eigenvalue weighted by Gasteiger charge is 2.12. The van der Waals surface area contributed by atoms with E-state index in [9.17, 15) is 4.79 Å². The first-order chi connectivity index (χ1) is 7.69. The first-order valence-electron chi connectivity index (χ1n) is 4.51. The summed E-state index contributed by atoms with van der Waals surface area (Å²) in [6.07, 6.45) is 1.43. The Morgan fingerprint density at radius 1 is 1.38 bits per heavy atom. The van der Waals surface area contributed by atoms with Crippen molar-refractivity contribution >= 4 is 16.8 Å². The lowest BCUT2D eigenvalue weighted by atomic mass is 10.1. The number of aromatic nitrogens is 2. The average Bonchev–Trinajstić information content (AvgIpc) is 2.71. The molecule has 0 aliphatic heterocycles. The standard InChI is InChI=1S/C11H6N4O/c1-7(16)15-11-3-2-8(4-12)9(5-13)10(11)6-14-15/h2-3,6H,1H3. The van der Waals surface area contributed by atoms with Crippen LogP contribution in [-0.2, 0) is 0 Å². The molecule has 0 bridgehead atoms. The van der Waals surface area contributed by atoms with Gasteiger partial charge in [-0.3, -0.25) is 4.79 Å². The highest BCUT2D eigenvalue weighted by molar-refractivity contribution is 5.93. The molecule has 0 radical (unpaired) electrons. The molecule has 0 saturated heterocycles. The van der Waals surface area contributed by atoms with Gasteiger partial charge in [0.25, 0.3) is 0 Å². The van der Waals surface area contributed by atoms with Crippen molar-refractivity contribution in [2.45, 2.75) is 6.92 Å². The predicted molar refractivity (Wildman–Crippen MR) is 55.5 cm³/mol. The van der Waals surface area contributed by atoms with Gasteiger partial charge in [0.1, 0.15) is 12.1 Å². The quantitative estimate of drug-likeness (QED) is 0.658. The number of nitrogens with zero attached hydrogens (tertiary/aromatic N) is 4. The minimum atomic E-state index is -0.233. The minimum absolute atomic E-state index is 0.233. The van der Waals surface area contributed by atoms with Gasteiger partial charge >= 0.3 is 0 Å². The van der Waals surface area contributed by atoms with Gasteiger partial charge in [0.05, 0.1) is 22.8 Å². The Morgan fingerprint density at radius 3 is 2.69 bits per heavy atom. The average molecular weight is 210 g/mol. The lowest BCUT2D eigenvalue weighted by molar-refractivity contribution is 0.0927. The maximum atomic E-state index is 11.2. The molecular formula is C11H6N4O. The molecule has 76 valence electrons. The molecule has 0 saturated carbocycles. The van der Waals surface area contributed by atoms with E-state index in [1.807, 2.05) is 12.1 Å². The summed E-state index contributed by atoms with van der Waals surface area (Å²) in [5.41, 5.74) is 1.09. The monoisotopic (exact) mass is 210 g/mol. The Balaban J connectivity index is 2.89. The van der Waals surface area contributed by atoms with Crippen LogP contribution in [0.3, 0.4) is 0 Å². The predicted octanol–water partition coefficient (Wildman–Crippen LogP) is 1.44. The number of fused-ring (bicyclic) bond motifs is 1. The summed E-state index contributed by atoms with van der Waals surface area (Å²) in [4.78, 5) is 11.2. The largest absolute Gasteiger partial charge is 0.273 e. The number of carbonyl (C=O) groups is 1. The molecule has 1 aromatic heterocycles. The van der Waals surface area contributed by atoms with Crippen LogP contribution in [-0.4, -0.2) is 15.7 Å². The molecular weight excluding hydrogens is 204 g/mol. The van der Waals surface area contributed by atoms with Gasteiger partial charge in [0, 0.05) is 12.3 Å². The van der Waals surface area contributed by atoms with Gasteiger partial charge in [-0.05, 0) is 12.1 Å². The van der Waals surface area contributed by atoms with Crippen LogP contribution >= 0.6 is 0 Å². The molecule has 0 spiro atoms. The van der Waals surface area contributed by atoms with E-state index in [1.165, 1.54) is 23.9 Å². The van der Waals surface area contributed by atoms with Crippen LogP contribution in [0, 0.1) is 22.7 Å². The van der Waals surface area contributed by atoms with Crippen molar-refractivity contribution < 1.29 is 4.79 Å². The lowest BCUT2D eigenvalue weighted by Gasteiger charge is -1.98. The Hall–Kier alpha value is -2.66. The molecule has 0 aliphatic rings. The SMILES string of the molecule is CC(=O)n1ncc2c(C#N)c(C#N)ccc21. The van der Waals surface area contributed by atoms with Crippen molar-refractivity contribution in [1.82, 2.24) is 9.78 Å². The Morgan fingerprint density at radius 2 is 2.12 bits per heavy atom. The summed E-state index contributed by atoms with van der Waals surface area (Å²) < 4.78 is 1.21. The van der Waals surface area contributed by atoms with Crippen LogP contribution in [0.1, 0.15) is 22.8 Å². The van der Waals surface area contributed by atoms with Crippen LogP contribution in [0.5, 0.6) is 0 Å². The molecule has 0 atom stereocenters. The molecule has 0 amide bonds. The Labute approximate surface area is 91.1 Å². The molecule has 2 rings (SSSR count). The zero-order chi connectivity index (χ0) is 11.7. The summed E-state index contributed by atoms with van der Waals surface area (Å²) in [6.45, 7) is 1.39. The Bertz CT molecular complexity index is 670. The Kier molecular flexibility index (Phi) is 2.15. The van der Waals surface area contributed by atoms with Crippen LogP contribution in [0.4, 0.5) is 0 Å². The van der Waals surface area contributed by atoms with Gasteiger partial charge in [-0.2, -0.15) is 15.6 Å². The summed E-state index contributed by atoms with van der Waals surface area (Å²) in [7, 11) is 0. The molecule has 2 aromatic rings. The third-order valence-corrected chi connectivity index (χ3v) is 2.28. The topological polar surface area (TPSA) is 82.5 Å². The van der Waals surface area contributed by atoms with Gasteiger partial charge in [-0.1, -0.05) is 0 Å². The zero-order valence-electron chi connectivity index (χ0n) is 8.43. The number of carbonyl (C=O) groups excluding carboxylic acids is 1.